The summed E-state index contributed by atoms with van der Waals surface area (Å²) in [5.41, 5.74) is 2.08. The first-order valence-corrected chi connectivity index (χ1v) is 7.18. The molecule has 0 radical (unpaired) electrons. The summed E-state index contributed by atoms with van der Waals surface area (Å²) < 4.78 is 0. The van der Waals surface area contributed by atoms with Crippen molar-refractivity contribution >= 4 is 39.3 Å². The highest BCUT2D eigenvalue weighted by atomic mass is 16.4. The SMILES string of the molecule is O=C(O)c1cccc(Nc2nc3ccc(O)cc3c3c[nH]nc23)c1. The number of rotatable bonds is 3. The molecular formula is C17H12N4O3. The van der Waals surface area contributed by atoms with Gasteiger partial charge in [0.15, 0.2) is 5.82 Å². The molecule has 0 bridgehead atoms. The number of carboxylic acids is 1. The van der Waals surface area contributed by atoms with Crippen molar-refractivity contribution in [2.24, 2.45) is 0 Å². The van der Waals surface area contributed by atoms with Crippen LogP contribution in [0.1, 0.15) is 10.4 Å². The fraction of sp³-hybridized carbons (Fsp3) is 0. The lowest BCUT2D eigenvalue weighted by Gasteiger charge is -2.09. The number of phenols is 1. The summed E-state index contributed by atoms with van der Waals surface area (Å²) >= 11 is 0. The number of aromatic hydroxyl groups is 1. The zero-order valence-corrected chi connectivity index (χ0v) is 12.3. The Kier molecular flexibility index (Phi) is 3.06. The van der Waals surface area contributed by atoms with Crippen molar-refractivity contribution < 1.29 is 15.0 Å². The van der Waals surface area contributed by atoms with Gasteiger partial charge in [-0.25, -0.2) is 9.78 Å². The van der Waals surface area contributed by atoms with Crippen molar-refractivity contribution in [2.75, 3.05) is 5.32 Å². The van der Waals surface area contributed by atoms with Crippen LogP contribution in [0, 0.1) is 0 Å². The van der Waals surface area contributed by atoms with Crippen LogP contribution >= 0.6 is 0 Å². The average molecular weight is 320 g/mol. The third kappa shape index (κ3) is 2.28. The van der Waals surface area contributed by atoms with Gasteiger partial charge in [-0.05, 0) is 36.4 Å². The number of nitrogens with zero attached hydrogens (tertiary/aromatic N) is 2. The Morgan fingerprint density at radius 1 is 1.12 bits per heavy atom. The predicted molar refractivity (Wildman–Crippen MR) is 89.7 cm³/mol. The van der Waals surface area contributed by atoms with E-state index in [9.17, 15) is 9.90 Å². The molecule has 24 heavy (non-hydrogen) atoms. The van der Waals surface area contributed by atoms with Crippen LogP contribution < -0.4 is 5.32 Å². The highest BCUT2D eigenvalue weighted by Gasteiger charge is 2.12. The number of aromatic amines is 1. The molecule has 2 heterocycles. The number of benzene rings is 2. The maximum absolute atomic E-state index is 11.1. The molecular weight excluding hydrogens is 308 g/mol. The number of phenolic OH excluding ortho intramolecular Hbond substituents is 1. The summed E-state index contributed by atoms with van der Waals surface area (Å²) in [6, 6.07) is 11.4. The number of fused-ring (bicyclic) bond motifs is 3. The number of carboxylic acid groups (broad SMARTS) is 1. The molecule has 4 rings (SSSR count). The minimum atomic E-state index is -0.995. The summed E-state index contributed by atoms with van der Waals surface area (Å²) in [7, 11) is 0. The van der Waals surface area contributed by atoms with Crippen molar-refractivity contribution in [1.82, 2.24) is 15.2 Å². The van der Waals surface area contributed by atoms with Crippen LogP contribution in [0.4, 0.5) is 11.5 Å². The highest BCUT2D eigenvalue weighted by molar-refractivity contribution is 6.09. The standard InChI is InChI=1S/C17H12N4O3/c22-11-4-5-14-12(7-11)13-8-18-21-15(13)16(20-14)19-10-3-1-2-9(6-10)17(23)24/h1-8,22H,(H,18,21)(H,19,20)(H,23,24). The molecule has 0 saturated carbocycles. The fourth-order valence-electron chi connectivity index (χ4n) is 2.64. The van der Waals surface area contributed by atoms with Crippen LogP contribution in [0.2, 0.25) is 0 Å². The number of H-pyrrole nitrogens is 1. The van der Waals surface area contributed by atoms with Gasteiger partial charge in [-0.1, -0.05) is 6.07 Å². The molecule has 0 fully saturated rings. The van der Waals surface area contributed by atoms with Crippen LogP contribution in [-0.4, -0.2) is 31.4 Å². The van der Waals surface area contributed by atoms with Gasteiger partial charge in [0.1, 0.15) is 11.3 Å². The van der Waals surface area contributed by atoms with Crippen molar-refractivity contribution in [3.8, 4) is 5.75 Å². The Morgan fingerprint density at radius 3 is 2.83 bits per heavy atom. The monoisotopic (exact) mass is 320 g/mol. The van der Waals surface area contributed by atoms with Gasteiger partial charge in [-0.3, -0.25) is 5.10 Å². The van der Waals surface area contributed by atoms with Gasteiger partial charge in [-0.15, -0.1) is 0 Å². The molecule has 7 nitrogen and oxygen atoms in total. The summed E-state index contributed by atoms with van der Waals surface area (Å²) in [4.78, 5) is 15.6. The Balaban J connectivity index is 1.87. The second-order valence-corrected chi connectivity index (χ2v) is 5.32. The van der Waals surface area contributed by atoms with E-state index in [1.54, 1.807) is 36.5 Å². The van der Waals surface area contributed by atoms with Crippen molar-refractivity contribution in [3.05, 3.63) is 54.2 Å². The number of carbonyl (C=O) groups is 1. The summed E-state index contributed by atoms with van der Waals surface area (Å²) in [5.74, 6) is -0.334. The Morgan fingerprint density at radius 2 is 2.00 bits per heavy atom. The van der Waals surface area contributed by atoms with Gasteiger partial charge < -0.3 is 15.5 Å². The van der Waals surface area contributed by atoms with Crippen LogP contribution in [0.3, 0.4) is 0 Å². The number of aromatic carboxylic acids is 1. The number of pyridine rings is 1. The molecule has 0 amide bonds. The molecule has 0 aliphatic rings. The van der Waals surface area contributed by atoms with Crippen molar-refractivity contribution in [2.45, 2.75) is 0 Å². The van der Waals surface area contributed by atoms with E-state index in [4.69, 9.17) is 5.11 Å². The zero-order chi connectivity index (χ0) is 16.7. The van der Waals surface area contributed by atoms with E-state index in [1.807, 2.05) is 0 Å². The van der Waals surface area contributed by atoms with Gasteiger partial charge in [-0.2, -0.15) is 5.10 Å². The summed E-state index contributed by atoms with van der Waals surface area (Å²) in [6.45, 7) is 0. The number of aromatic nitrogens is 3. The third-order valence-electron chi connectivity index (χ3n) is 3.74. The minimum Gasteiger partial charge on any atom is -0.508 e. The number of hydrogen-bond donors (Lipinski definition) is 4. The topological polar surface area (TPSA) is 111 Å². The third-order valence-corrected chi connectivity index (χ3v) is 3.74. The predicted octanol–water partition coefficient (Wildman–Crippen LogP) is 3.26. The molecule has 0 aliphatic heterocycles. The molecule has 118 valence electrons. The highest BCUT2D eigenvalue weighted by Crippen LogP contribution is 2.31. The molecule has 0 unspecified atom stereocenters. The zero-order valence-electron chi connectivity index (χ0n) is 12.3. The smallest absolute Gasteiger partial charge is 0.335 e. The lowest BCUT2D eigenvalue weighted by atomic mass is 10.1. The fourth-order valence-corrected chi connectivity index (χ4v) is 2.64. The second kappa shape index (κ2) is 5.24. The maximum Gasteiger partial charge on any atom is 0.335 e. The van der Waals surface area contributed by atoms with Crippen molar-refractivity contribution in [1.29, 1.82) is 0 Å². The molecule has 4 N–H and O–H groups in total. The molecule has 2 aromatic heterocycles. The van der Waals surface area contributed by atoms with E-state index in [1.165, 1.54) is 12.1 Å². The van der Waals surface area contributed by atoms with Crippen LogP contribution in [-0.2, 0) is 0 Å². The van der Waals surface area contributed by atoms with E-state index in [0.717, 1.165) is 10.8 Å². The number of anilines is 2. The number of hydrogen-bond acceptors (Lipinski definition) is 5. The minimum absolute atomic E-state index is 0.154. The van der Waals surface area contributed by atoms with Gasteiger partial charge in [0.2, 0.25) is 0 Å². The number of nitrogens with one attached hydrogen (secondary N) is 2. The molecule has 2 aromatic carbocycles. The largest absolute Gasteiger partial charge is 0.508 e. The second-order valence-electron chi connectivity index (χ2n) is 5.32. The van der Waals surface area contributed by atoms with Crippen LogP contribution in [0.15, 0.2) is 48.7 Å². The first kappa shape index (κ1) is 14.0. The average Bonchev–Trinajstić information content (AvgIpc) is 3.06. The van der Waals surface area contributed by atoms with E-state index < -0.39 is 5.97 Å². The normalized spacial score (nSPS) is 11.0. The van der Waals surface area contributed by atoms with Gasteiger partial charge >= 0.3 is 5.97 Å². The molecule has 0 atom stereocenters. The van der Waals surface area contributed by atoms with Gasteiger partial charge in [0.25, 0.3) is 0 Å². The van der Waals surface area contributed by atoms with Crippen molar-refractivity contribution in [3.63, 3.8) is 0 Å². The summed E-state index contributed by atoms with van der Waals surface area (Å²) in [6.07, 6.45) is 1.73. The van der Waals surface area contributed by atoms with Crippen LogP contribution in [0.5, 0.6) is 5.75 Å². The summed E-state index contributed by atoms with van der Waals surface area (Å²) in [5, 5.41) is 30.5. The molecule has 0 spiro atoms. The Hall–Kier alpha value is -3.61. The van der Waals surface area contributed by atoms with E-state index in [-0.39, 0.29) is 11.3 Å². The quantitative estimate of drug-likeness (QED) is 0.461. The first-order valence-electron chi connectivity index (χ1n) is 7.18. The molecule has 7 heteroatoms. The lowest BCUT2D eigenvalue weighted by molar-refractivity contribution is 0.0697. The first-order chi connectivity index (χ1) is 11.6. The van der Waals surface area contributed by atoms with Gasteiger partial charge in [0, 0.05) is 22.7 Å². The lowest BCUT2D eigenvalue weighted by Crippen LogP contribution is -1.99. The van der Waals surface area contributed by atoms with Crippen LogP contribution in [0.25, 0.3) is 21.8 Å². The molecule has 0 aliphatic carbocycles. The van der Waals surface area contributed by atoms with Gasteiger partial charge in [0.05, 0.1) is 11.1 Å². The maximum atomic E-state index is 11.1. The molecule has 4 aromatic rings. The Labute approximate surface area is 135 Å². The van der Waals surface area contributed by atoms with E-state index >= 15 is 0 Å². The van der Waals surface area contributed by atoms with E-state index in [0.29, 0.717) is 22.5 Å². The van der Waals surface area contributed by atoms with E-state index in [2.05, 4.69) is 20.5 Å². The molecule has 0 saturated heterocycles. The Bertz CT molecular complexity index is 1090.